The van der Waals surface area contributed by atoms with Crippen LogP contribution in [-0.4, -0.2) is 150 Å². The Hall–Kier alpha value is -8.34. The number of alkyl halides is 6. The van der Waals surface area contributed by atoms with Crippen molar-refractivity contribution >= 4 is 23.1 Å². The van der Waals surface area contributed by atoms with Crippen LogP contribution in [0.3, 0.4) is 0 Å². The number of benzene rings is 4. The number of amides is 2. The average Bonchev–Trinajstić information content (AvgIpc) is 1.73. The average molecular weight is 1220 g/mol. The molecule has 456 valence electrons. The number of hydrogen-bond acceptors (Lipinski definition) is 12. The maximum atomic E-state index is 14.5. The van der Waals surface area contributed by atoms with Gasteiger partial charge in [-0.15, -0.1) is 0 Å². The molecule has 86 heavy (non-hydrogen) atoms. The second-order valence-electron chi connectivity index (χ2n) is 20.6. The lowest BCUT2D eigenvalue weighted by Gasteiger charge is -2.43. The molecule has 2 amide bonds. The maximum absolute atomic E-state index is 14.5. The number of nitrogens with zero attached hydrogens (tertiary/aromatic N) is 10. The van der Waals surface area contributed by atoms with Crippen LogP contribution in [-0.2, 0) is 12.4 Å². The third kappa shape index (κ3) is 12.0. The van der Waals surface area contributed by atoms with E-state index >= 15 is 0 Å². The zero-order chi connectivity index (χ0) is 62.4. The summed E-state index contributed by atoms with van der Waals surface area (Å²) < 4.78 is 182. The fourth-order valence-corrected chi connectivity index (χ4v) is 11.1. The van der Waals surface area contributed by atoms with E-state index in [0.717, 1.165) is 24.5 Å². The van der Waals surface area contributed by atoms with Crippen LogP contribution in [0.15, 0.2) is 85.2 Å². The molecule has 0 aliphatic carbocycles. The first kappa shape index (κ1) is 62.2. The van der Waals surface area contributed by atoms with Crippen molar-refractivity contribution in [3.8, 4) is 34.0 Å². The number of rotatable bonds is 12. The van der Waals surface area contributed by atoms with Gasteiger partial charge in [0.1, 0.15) is 34.3 Å². The number of hydrogen-bond donors (Lipinski definition) is 2. The molecule has 2 aliphatic rings. The van der Waals surface area contributed by atoms with Crippen molar-refractivity contribution < 1.29 is 82.0 Å². The highest BCUT2D eigenvalue weighted by molar-refractivity contribution is 6.01. The molecular weight excluding hydrogens is 1160 g/mol. The summed E-state index contributed by atoms with van der Waals surface area (Å²) in [5.74, 6) is -7.61. The van der Waals surface area contributed by atoms with Crippen molar-refractivity contribution in [2.75, 3.05) is 66.7 Å². The number of halogens is 12. The molecule has 0 bridgehead atoms. The van der Waals surface area contributed by atoms with Crippen molar-refractivity contribution in [1.29, 1.82) is 0 Å². The number of carbonyl (C=O) groups is 2. The number of fused-ring (bicyclic) bond motifs is 2. The van der Waals surface area contributed by atoms with E-state index in [0.29, 0.717) is 43.8 Å². The fraction of sp³-hybridized carbons (Fsp3) is 0.345. The van der Waals surface area contributed by atoms with Crippen molar-refractivity contribution in [2.45, 2.75) is 64.2 Å². The first-order valence-corrected chi connectivity index (χ1v) is 26.5. The summed E-state index contributed by atoms with van der Waals surface area (Å²) in [6.45, 7) is 4.95. The lowest BCUT2D eigenvalue weighted by atomic mass is 10.0. The Kier molecular flexibility index (Phi) is 17.8. The summed E-state index contributed by atoms with van der Waals surface area (Å²) in [6, 6.07) is 11.7. The van der Waals surface area contributed by atoms with Crippen LogP contribution in [0, 0.1) is 48.8 Å². The van der Waals surface area contributed by atoms with Gasteiger partial charge in [0, 0.05) is 96.9 Å². The summed E-state index contributed by atoms with van der Waals surface area (Å²) in [5, 5.41) is 27.7. The van der Waals surface area contributed by atoms with Crippen LogP contribution >= 0.6 is 0 Å². The van der Waals surface area contributed by atoms with Gasteiger partial charge >= 0.3 is 12.4 Å². The molecule has 0 saturated carbocycles. The Morgan fingerprint density at radius 1 is 0.570 bits per heavy atom. The number of carbonyl (C=O) groups excluding carboxylic acids is 2. The summed E-state index contributed by atoms with van der Waals surface area (Å²) in [7, 11) is 2.92. The third-order valence-electron chi connectivity index (χ3n) is 15.3. The van der Waals surface area contributed by atoms with Gasteiger partial charge in [-0.3, -0.25) is 19.4 Å². The minimum absolute atomic E-state index is 0.0186. The van der Waals surface area contributed by atoms with Gasteiger partial charge in [-0.2, -0.15) is 36.5 Å². The Morgan fingerprint density at radius 3 is 1.22 bits per heavy atom. The molecule has 8 aromatic rings. The lowest BCUT2D eigenvalue weighted by molar-refractivity contribution is -0.144. The van der Waals surface area contributed by atoms with E-state index in [2.05, 4.69) is 20.2 Å². The van der Waals surface area contributed by atoms with Crippen LogP contribution < -0.4 is 9.47 Å². The molecule has 2 N–H and O–H groups in total. The number of methoxy groups -OCH3 is 2. The number of aliphatic hydroxyl groups is 2. The molecule has 0 spiro atoms. The summed E-state index contributed by atoms with van der Waals surface area (Å²) >= 11 is 0. The monoisotopic (exact) mass is 1210 g/mol. The first-order chi connectivity index (χ1) is 40.7. The van der Waals surface area contributed by atoms with E-state index in [9.17, 15) is 72.5 Å². The summed E-state index contributed by atoms with van der Waals surface area (Å²) in [5.41, 5.74) is -3.30. The number of piperazine rings is 2. The predicted molar refractivity (Wildman–Crippen MR) is 286 cm³/mol. The van der Waals surface area contributed by atoms with E-state index in [1.807, 2.05) is 0 Å². The van der Waals surface area contributed by atoms with Crippen molar-refractivity contribution in [1.82, 2.24) is 48.8 Å². The molecule has 2 aliphatic heterocycles. The zero-order valence-corrected chi connectivity index (χ0v) is 46.6. The SMILES string of the molecule is COc1ccc(-c2nc3c(C(=O)N4CCN([C@@H](CO)c5cc(F)cc(F)c5F)C[C@H]4C)cnn3c(C(F)(F)F)c2C)cc1.COc1ccc(-c2nc3c(C(=O)N4CCN([C@H](CO)c5cc(F)cc(F)c5F)C[C@H]4C)cnn3c(C(F)(F)F)c2C)cc1. The van der Waals surface area contributed by atoms with Gasteiger partial charge in [-0.25, -0.2) is 45.3 Å². The standard InChI is InChI=1S/2C29H27F6N5O3/c2*1-15-13-38(23(14-41)20-10-18(30)11-22(31)24(20)32)8-9-39(15)28(42)21-12-36-40-26(29(33,34)35)16(2)25(37-27(21)40)17-4-6-19(43-3)7-5-17/h2*4-7,10-12,15,23,41H,8-9,13-14H2,1-3H3/t15-,23+;15-,23-/m11/s1. The van der Waals surface area contributed by atoms with Crippen molar-refractivity contribution in [2.24, 2.45) is 0 Å². The van der Waals surface area contributed by atoms with Crippen LogP contribution in [0.1, 0.15) is 80.3 Å². The molecule has 0 radical (unpaired) electrons. The van der Waals surface area contributed by atoms with Gasteiger partial charge in [0.2, 0.25) is 0 Å². The first-order valence-electron chi connectivity index (χ1n) is 26.5. The van der Waals surface area contributed by atoms with E-state index < -0.39 is 108 Å². The molecule has 16 nitrogen and oxygen atoms in total. The van der Waals surface area contributed by atoms with E-state index in [4.69, 9.17) is 9.47 Å². The van der Waals surface area contributed by atoms with Gasteiger partial charge in [0.05, 0.1) is 63.3 Å². The van der Waals surface area contributed by atoms with Gasteiger partial charge in [-0.1, -0.05) is 0 Å². The summed E-state index contributed by atoms with van der Waals surface area (Å²) in [6.07, 6.45) is -7.55. The normalized spacial score (nSPS) is 17.0. The minimum Gasteiger partial charge on any atom is -0.497 e. The van der Waals surface area contributed by atoms with Crippen LogP contribution in [0.2, 0.25) is 0 Å². The minimum atomic E-state index is -4.82. The Morgan fingerprint density at radius 2 is 0.919 bits per heavy atom. The van der Waals surface area contributed by atoms with E-state index in [1.165, 1.54) is 37.9 Å². The second kappa shape index (κ2) is 24.6. The molecule has 10 rings (SSSR count). The Bertz CT molecular complexity index is 3600. The molecule has 2 saturated heterocycles. The smallest absolute Gasteiger partial charge is 0.433 e. The number of aromatic nitrogens is 6. The quantitative estimate of drug-likeness (QED) is 0.0880. The van der Waals surface area contributed by atoms with Gasteiger partial charge in [0.25, 0.3) is 11.8 Å². The van der Waals surface area contributed by atoms with Crippen LogP contribution in [0.4, 0.5) is 52.7 Å². The molecule has 4 aromatic carbocycles. The molecule has 4 atom stereocenters. The molecule has 0 unspecified atom stereocenters. The van der Waals surface area contributed by atoms with Crippen LogP contribution in [0.25, 0.3) is 33.8 Å². The van der Waals surface area contributed by atoms with E-state index in [-0.39, 0.29) is 95.3 Å². The largest absolute Gasteiger partial charge is 0.497 e. The number of ether oxygens (including phenoxy) is 2. The van der Waals surface area contributed by atoms with Crippen molar-refractivity contribution in [3.63, 3.8) is 0 Å². The van der Waals surface area contributed by atoms with Crippen LogP contribution in [0.5, 0.6) is 11.5 Å². The second-order valence-corrected chi connectivity index (χ2v) is 20.6. The third-order valence-corrected chi connectivity index (χ3v) is 15.3. The van der Waals surface area contributed by atoms with Crippen molar-refractivity contribution in [3.05, 3.63) is 165 Å². The molecular formula is C58H54F12N10O6. The fourth-order valence-electron chi connectivity index (χ4n) is 11.1. The maximum Gasteiger partial charge on any atom is 0.433 e. The highest BCUT2D eigenvalue weighted by Crippen LogP contribution is 2.40. The molecule has 6 heterocycles. The molecule has 2 fully saturated rings. The topological polar surface area (TPSA) is 166 Å². The van der Waals surface area contributed by atoms with Gasteiger partial charge in [0.15, 0.2) is 46.0 Å². The Balaban J connectivity index is 0.000000205. The lowest BCUT2D eigenvalue weighted by Crippen LogP contribution is -2.55. The van der Waals surface area contributed by atoms with Gasteiger partial charge < -0.3 is 29.5 Å². The molecule has 4 aromatic heterocycles. The highest BCUT2D eigenvalue weighted by Gasteiger charge is 2.42. The highest BCUT2D eigenvalue weighted by atomic mass is 19.4. The van der Waals surface area contributed by atoms with E-state index in [1.54, 1.807) is 72.2 Å². The zero-order valence-electron chi connectivity index (χ0n) is 46.6. The molecule has 28 heteroatoms. The number of aliphatic hydroxyl groups excluding tert-OH is 2. The Labute approximate surface area is 482 Å². The van der Waals surface area contributed by atoms with Gasteiger partial charge in [-0.05, 0) is 88.4 Å². The predicted octanol–water partition coefficient (Wildman–Crippen LogP) is 10.1. The summed E-state index contributed by atoms with van der Waals surface area (Å²) in [4.78, 5) is 42.4.